The molecule has 4 nitrogen and oxygen atoms in total. The minimum atomic E-state index is -4.55. The lowest BCUT2D eigenvalue weighted by molar-refractivity contribution is -0.917. The number of hydrogen-bond donors (Lipinski definition) is 1. The Morgan fingerprint density at radius 2 is 1.89 bits per heavy atom. The lowest BCUT2D eigenvalue weighted by atomic mass is 10.1. The minimum absolute atomic E-state index is 0.0488. The largest absolute Gasteiger partial charge is 0.433 e. The van der Waals surface area contributed by atoms with Gasteiger partial charge in [-0.15, -0.1) is 0 Å². The number of benzene rings is 1. The second kappa shape index (κ2) is 8.05. The Hall–Kier alpha value is -2.19. The van der Waals surface area contributed by atoms with Crippen molar-refractivity contribution in [1.82, 2.24) is 9.88 Å². The van der Waals surface area contributed by atoms with Gasteiger partial charge in [-0.2, -0.15) is 13.2 Å². The van der Waals surface area contributed by atoms with E-state index < -0.39 is 11.9 Å². The van der Waals surface area contributed by atoms with Gasteiger partial charge in [0.25, 0.3) is 5.91 Å². The van der Waals surface area contributed by atoms with Crippen molar-refractivity contribution in [2.45, 2.75) is 19.6 Å². The van der Waals surface area contributed by atoms with Gasteiger partial charge in [-0.25, -0.2) is 9.37 Å². The molecule has 1 aromatic heterocycles. The molecular formula is C19H19ClF4N3O+. The van der Waals surface area contributed by atoms with E-state index in [0.29, 0.717) is 43.3 Å². The summed E-state index contributed by atoms with van der Waals surface area (Å²) < 4.78 is 52.2. The number of quaternary nitrogens is 1. The zero-order chi connectivity index (χ0) is 20.5. The molecule has 0 spiro atoms. The Bertz CT molecular complexity index is 860. The van der Waals surface area contributed by atoms with Crippen molar-refractivity contribution < 1.29 is 27.3 Å². The fourth-order valence-corrected chi connectivity index (χ4v) is 3.50. The number of amides is 1. The van der Waals surface area contributed by atoms with Crippen LogP contribution < -0.4 is 4.90 Å². The average Bonchev–Trinajstić information content (AvgIpc) is 2.64. The highest BCUT2D eigenvalue weighted by molar-refractivity contribution is 6.31. The van der Waals surface area contributed by atoms with E-state index in [9.17, 15) is 22.4 Å². The smallest absolute Gasteiger partial charge is 0.328 e. The molecule has 1 aliphatic heterocycles. The summed E-state index contributed by atoms with van der Waals surface area (Å²) >= 11 is 6.07. The van der Waals surface area contributed by atoms with Crippen LogP contribution in [0.25, 0.3) is 0 Å². The normalized spacial score (nSPS) is 15.7. The summed E-state index contributed by atoms with van der Waals surface area (Å²) in [5.41, 5.74) is -0.361. The number of nitrogens with one attached hydrogen (secondary N) is 1. The first kappa shape index (κ1) is 20.5. The van der Waals surface area contributed by atoms with E-state index in [0.717, 1.165) is 11.0 Å². The molecule has 1 N–H and O–H groups in total. The van der Waals surface area contributed by atoms with Gasteiger partial charge in [0.2, 0.25) is 0 Å². The van der Waals surface area contributed by atoms with Crippen molar-refractivity contribution >= 4 is 17.5 Å². The second-order valence-corrected chi connectivity index (χ2v) is 7.15. The van der Waals surface area contributed by atoms with Crippen LogP contribution in [0.5, 0.6) is 0 Å². The van der Waals surface area contributed by atoms with Crippen LogP contribution in [0.3, 0.4) is 0 Å². The highest BCUT2D eigenvalue weighted by Gasteiger charge is 2.34. The number of piperazine rings is 1. The van der Waals surface area contributed by atoms with Gasteiger partial charge in [0, 0.05) is 0 Å². The number of aromatic nitrogens is 1. The maximum absolute atomic E-state index is 13.9. The number of halogens is 5. The number of rotatable bonds is 3. The SMILES string of the molecule is Cc1nc(C(F)(F)F)ccc1C(=O)N1CC[NH+](Cc2c(F)cccc2Cl)CC1. The van der Waals surface area contributed by atoms with E-state index in [2.05, 4.69) is 4.98 Å². The van der Waals surface area contributed by atoms with Crippen LogP contribution in [0, 0.1) is 12.7 Å². The summed E-state index contributed by atoms with van der Waals surface area (Å²) in [6.07, 6.45) is -4.55. The molecule has 0 bridgehead atoms. The molecule has 0 radical (unpaired) electrons. The fraction of sp³-hybridized carbons (Fsp3) is 0.368. The topological polar surface area (TPSA) is 37.6 Å². The minimum Gasteiger partial charge on any atom is -0.328 e. The van der Waals surface area contributed by atoms with Gasteiger partial charge in [-0.1, -0.05) is 17.7 Å². The standard InChI is InChI=1S/C19H18ClF4N3O/c1-12-13(5-6-17(25-12)19(22,23)24)18(28)27-9-7-26(8-10-27)11-14-15(20)3-2-4-16(14)21/h2-6H,7-11H2,1H3/p+1. The first-order valence-corrected chi connectivity index (χ1v) is 9.15. The summed E-state index contributed by atoms with van der Waals surface area (Å²) in [6, 6.07) is 6.54. The first-order valence-electron chi connectivity index (χ1n) is 8.77. The fourth-order valence-electron chi connectivity index (χ4n) is 3.27. The molecule has 1 amide bonds. The number of pyridine rings is 1. The number of nitrogens with zero attached hydrogens (tertiary/aromatic N) is 2. The van der Waals surface area contributed by atoms with Crippen molar-refractivity contribution in [3.8, 4) is 0 Å². The van der Waals surface area contributed by atoms with Gasteiger partial charge in [-0.3, -0.25) is 4.79 Å². The van der Waals surface area contributed by atoms with Crippen molar-refractivity contribution in [3.05, 3.63) is 63.7 Å². The molecule has 1 saturated heterocycles. The zero-order valence-corrected chi connectivity index (χ0v) is 15.9. The van der Waals surface area contributed by atoms with E-state index in [1.165, 1.54) is 19.1 Å². The van der Waals surface area contributed by atoms with Gasteiger partial charge >= 0.3 is 6.18 Å². The third-order valence-electron chi connectivity index (χ3n) is 4.85. The van der Waals surface area contributed by atoms with Crippen molar-refractivity contribution in [3.63, 3.8) is 0 Å². The Labute approximate surface area is 164 Å². The predicted molar refractivity (Wildman–Crippen MR) is 95.7 cm³/mol. The van der Waals surface area contributed by atoms with Crippen LogP contribution in [-0.4, -0.2) is 42.0 Å². The second-order valence-electron chi connectivity index (χ2n) is 6.75. The van der Waals surface area contributed by atoms with E-state index in [1.807, 2.05) is 0 Å². The zero-order valence-electron chi connectivity index (χ0n) is 15.1. The summed E-state index contributed by atoms with van der Waals surface area (Å²) in [5.74, 6) is -0.702. The maximum atomic E-state index is 13.9. The highest BCUT2D eigenvalue weighted by Crippen LogP contribution is 2.28. The third-order valence-corrected chi connectivity index (χ3v) is 5.21. The van der Waals surface area contributed by atoms with Gasteiger partial charge in [0.05, 0.1) is 48.0 Å². The van der Waals surface area contributed by atoms with Gasteiger partial charge in [-0.05, 0) is 31.2 Å². The van der Waals surface area contributed by atoms with Gasteiger partial charge < -0.3 is 9.80 Å². The quantitative estimate of drug-likeness (QED) is 0.781. The number of hydrogen-bond acceptors (Lipinski definition) is 2. The van der Waals surface area contributed by atoms with Crippen LogP contribution >= 0.6 is 11.6 Å². The van der Waals surface area contributed by atoms with Gasteiger partial charge in [0.15, 0.2) is 0 Å². The molecule has 1 aromatic carbocycles. The number of aryl methyl sites for hydroxylation is 1. The van der Waals surface area contributed by atoms with Crippen LogP contribution in [0.2, 0.25) is 5.02 Å². The Morgan fingerprint density at radius 3 is 2.46 bits per heavy atom. The molecule has 1 fully saturated rings. The van der Waals surface area contributed by atoms with E-state index in [4.69, 9.17) is 11.6 Å². The molecule has 0 saturated carbocycles. The van der Waals surface area contributed by atoms with E-state index in [1.54, 1.807) is 17.0 Å². The molecule has 0 atom stereocenters. The molecule has 28 heavy (non-hydrogen) atoms. The Balaban J connectivity index is 1.64. The monoisotopic (exact) mass is 416 g/mol. The molecule has 150 valence electrons. The number of alkyl halides is 3. The summed E-state index contributed by atoms with van der Waals surface area (Å²) in [7, 11) is 0. The molecule has 2 heterocycles. The molecule has 0 unspecified atom stereocenters. The highest BCUT2D eigenvalue weighted by atomic mass is 35.5. The van der Waals surface area contributed by atoms with E-state index >= 15 is 0 Å². The molecular weight excluding hydrogens is 398 g/mol. The van der Waals surface area contributed by atoms with Crippen molar-refractivity contribution in [2.75, 3.05) is 26.2 Å². The molecule has 3 rings (SSSR count). The van der Waals surface area contributed by atoms with E-state index in [-0.39, 0.29) is 23.0 Å². The van der Waals surface area contributed by atoms with Crippen molar-refractivity contribution in [1.29, 1.82) is 0 Å². The maximum Gasteiger partial charge on any atom is 0.433 e. The van der Waals surface area contributed by atoms with Gasteiger partial charge in [0.1, 0.15) is 18.1 Å². The predicted octanol–water partition coefficient (Wildman–Crippen LogP) is 2.74. The van der Waals surface area contributed by atoms with Crippen LogP contribution in [0.4, 0.5) is 17.6 Å². The summed E-state index contributed by atoms with van der Waals surface area (Å²) in [5, 5.41) is 0.373. The third kappa shape index (κ3) is 4.44. The average molecular weight is 417 g/mol. The first-order chi connectivity index (χ1) is 13.2. The lowest BCUT2D eigenvalue weighted by Gasteiger charge is -2.32. The van der Waals surface area contributed by atoms with Crippen molar-refractivity contribution in [2.24, 2.45) is 0 Å². The Kier molecular flexibility index (Phi) is 5.90. The van der Waals surface area contributed by atoms with Crippen LogP contribution in [-0.2, 0) is 12.7 Å². The summed E-state index contributed by atoms with van der Waals surface area (Å²) in [6.45, 7) is 3.81. The molecule has 1 aliphatic rings. The number of carbonyl (C=O) groups excluding carboxylic acids is 1. The van der Waals surface area contributed by atoms with Crippen LogP contribution in [0.15, 0.2) is 30.3 Å². The molecule has 0 aliphatic carbocycles. The number of carbonyl (C=O) groups is 1. The van der Waals surface area contributed by atoms with Crippen LogP contribution in [0.1, 0.15) is 27.3 Å². The summed E-state index contributed by atoms with van der Waals surface area (Å²) in [4.78, 5) is 18.9. The Morgan fingerprint density at radius 1 is 1.21 bits per heavy atom. The molecule has 2 aromatic rings. The lowest BCUT2D eigenvalue weighted by Crippen LogP contribution is -3.13. The molecule has 9 heteroatoms.